The Balaban J connectivity index is 2.17. The molecule has 1 unspecified atom stereocenters. The average molecular weight is 427 g/mol. The number of carbonyl (C=O) groups is 2. The molecule has 0 radical (unpaired) electrons. The zero-order chi connectivity index (χ0) is 21.4. The quantitative estimate of drug-likeness (QED) is 0.560. The summed E-state index contributed by atoms with van der Waals surface area (Å²) in [7, 11) is -2.09. The zero-order valence-corrected chi connectivity index (χ0v) is 18.1. The van der Waals surface area contributed by atoms with E-state index in [-0.39, 0.29) is 43.1 Å². The summed E-state index contributed by atoms with van der Waals surface area (Å²) in [4.78, 5) is 26.1. The maximum absolute atomic E-state index is 12.9. The first-order valence-corrected chi connectivity index (χ1v) is 11.3. The van der Waals surface area contributed by atoms with Crippen molar-refractivity contribution in [2.75, 3.05) is 40.0 Å². The second-order valence-corrected chi connectivity index (χ2v) is 8.90. The Hall–Kier alpha value is -1.97. The van der Waals surface area contributed by atoms with Gasteiger partial charge in [0.15, 0.2) is 0 Å². The van der Waals surface area contributed by atoms with Gasteiger partial charge in [0.25, 0.3) is 5.91 Å². The van der Waals surface area contributed by atoms with Gasteiger partial charge in [0, 0.05) is 31.8 Å². The van der Waals surface area contributed by atoms with Crippen LogP contribution in [-0.2, 0) is 24.3 Å². The van der Waals surface area contributed by atoms with E-state index in [0.717, 1.165) is 19.3 Å². The summed E-state index contributed by atoms with van der Waals surface area (Å²) in [6, 6.07) is 5.82. The van der Waals surface area contributed by atoms with Gasteiger partial charge in [0.2, 0.25) is 10.0 Å². The van der Waals surface area contributed by atoms with Crippen LogP contribution in [0.25, 0.3) is 0 Å². The summed E-state index contributed by atoms with van der Waals surface area (Å²) >= 11 is 0. The highest BCUT2D eigenvalue weighted by Gasteiger charge is 2.31. The van der Waals surface area contributed by atoms with Crippen LogP contribution in [0.1, 0.15) is 43.5 Å². The van der Waals surface area contributed by atoms with Crippen molar-refractivity contribution in [1.82, 2.24) is 9.21 Å². The van der Waals surface area contributed by atoms with Crippen molar-refractivity contribution in [2.24, 2.45) is 0 Å². The Morgan fingerprint density at radius 1 is 1.21 bits per heavy atom. The smallest absolute Gasteiger partial charge is 0.325 e. The zero-order valence-electron chi connectivity index (χ0n) is 17.3. The van der Waals surface area contributed by atoms with E-state index in [2.05, 4.69) is 0 Å². The first-order chi connectivity index (χ1) is 13.8. The number of esters is 1. The molecule has 8 nitrogen and oxygen atoms in total. The molecule has 0 aromatic heterocycles. The molecule has 1 amide bonds. The predicted molar refractivity (Wildman–Crippen MR) is 108 cm³/mol. The number of ether oxygens (including phenoxy) is 2. The topological polar surface area (TPSA) is 93.2 Å². The summed E-state index contributed by atoms with van der Waals surface area (Å²) in [5.41, 5.74) is 0.302. The van der Waals surface area contributed by atoms with E-state index in [0.29, 0.717) is 12.1 Å². The van der Waals surface area contributed by atoms with Gasteiger partial charge in [-0.2, -0.15) is 4.31 Å². The molecule has 1 fully saturated rings. The molecule has 1 aromatic rings. The molecule has 1 aliphatic heterocycles. The summed E-state index contributed by atoms with van der Waals surface area (Å²) < 4.78 is 37.3. The van der Waals surface area contributed by atoms with Crippen LogP contribution in [0.4, 0.5) is 0 Å². The molecule has 1 aliphatic rings. The Bertz CT molecular complexity index is 794. The lowest BCUT2D eigenvalue weighted by Crippen LogP contribution is -2.42. The molecule has 1 heterocycles. The molecule has 1 saturated heterocycles. The SMILES string of the molecule is CCOC(=O)CN(CCOC)C(=O)c1ccc(S(=O)(=O)N2CCCCC2C)cc1. The molecule has 0 aliphatic carbocycles. The summed E-state index contributed by atoms with van der Waals surface area (Å²) in [6.45, 7) is 4.64. The Labute approximate surface area is 172 Å². The van der Waals surface area contributed by atoms with Crippen LogP contribution in [0.2, 0.25) is 0 Å². The second kappa shape index (κ2) is 10.7. The molecule has 0 bridgehead atoms. The van der Waals surface area contributed by atoms with Crippen LogP contribution in [0, 0.1) is 0 Å². The summed E-state index contributed by atoms with van der Waals surface area (Å²) in [6.07, 6.45) is 2.72. The van der Waals surface area contributed by atoms with Crippen molar-refractivity contribution in [2.45, 2.75) is 44.0 Å². The number of sulfonamides is 1. The van der Waals surface area contributed by atoms with Crippen LogP contribution < -0.4 is 0 Å². The highest BCUT2D eigenvalue weighted by molar-refractivity contribution is 7.89. The number of nitrogens with zero attached hydrogens (tertiary/aromatic N) is 2. The predicted octanol–water partition coefficient (Wildman–Crippen LogP) is 1.90. The number of rotatable bonds is 9. The highest BCUT2D eigenvalue weighted by Crippen LogP contribution is 2.25. The van der Waals surface area contributed by atoms with E-state index in [1.54, 1.807) is 6.92 Å². The van der Waals surface area contributed by atoms with E-state index in [9.17, 15) is 18.0 Å². The molecule has 0 saturated carbocycles. The van der Waals surface area contributed by atoms with E-state index < -0.39 is 16.0 Å². The van der Waals surface area contributed by atoms with Crippen molar-refractivity contribution in [3.8, 4) is 0 Å². The fourth-order valence-electron chi connectivity index (χ4n) is 3.33. The van der Waals surface area contributed by atoms with Gasteiger partial charge >= 0.3 is 5.97 Å². The number of methoxy groups -OCH3 is 1. The average Bonchev–Trinajstić information content (AvgIpc) is 2.71. The Morgan fingerprint density at radius 2 is 1.90 bits per heavy atom. The lowest BCUT2D eigenvalue weighted by Gasteiger charge is -2.32. The molecule has 9 heteroatoms. The van der Waals surface area contributed by atoms with Gasteiger partial charge in [-0.25, -0.2) is 8.42 Å². The van der Waals surface area contributed by atoms with Gasteiger partial charge in [0.05, 0.1) is 18.1 Å². The lowest BCUT2D eigenvalue weighted by atomic mass is 10.1. The van der Waals surface area contributed by atoms with Gasteiger partial charge in [-0.3, -0.25) is 9.59 Å². The van der Waals surface area contributed by atoms with Crippen molar-refractivity contribution in [3.63, 3.8) is 0 Å². The lowest BCUT2D eigenvalue weighted by molar-refractivity contribution is -0.143. The summed E-state index contributed by atoms with van der Waals surface area (Å²) in [5, 5.41) is 0. The van der Waals surface area contributed by atoms with Crippen LogP contribution in [0.15, 0.2) is 29.2 Å². The van der Waals surface area contributed by atoms with Gasteiger partial charge in [-0.05, 0) is 51.0 Å². The maximum Gasteiger partial charge on any atom is 0.325 e. The minimum atomic E-state index is -3.60. The van der Waals surface area contributed by atoms with E-state index in [1.165, 1.54) is 40.6 Å². The molecule has 2 rings (SSSR count). The maximum atomic E-state index is 12.9. The van der Waals surface area contributed by atoms with Crippen molar-refractivity contribution in [1.29, 1.82) is 0 Å². The van der Waals surface area contributed by atoms with Crippen LogP contribution in [-0.4, -0.2) is 75.5 Å². The van der Waals surface area contributed by atoms with Crippen molar-refractivity contribution < 1.29 is 27.5 Å². The van der Waals surface area contributed by atoms with Gasteiger partial charge in [-0.1, -0.05) is 6.42 Å². The van der Waals surface area contributed by atoms with E-state index in [1.807, 2.05) is 6.92 Å². The Morgan fingerprint density at radius 3 is 2.48 bits per heavy atom. The van der Waals surface area contributed by atoms with Gasteiger partial charge < -0.3 is 14.4 Å². The molecule has 1 aromatic carbocycles. The van der Waals surface area contributed by atoms with E-state index in [4.69, 9.17) is 9.47 Å². The second-order valence-electron chi connectivity index (χ2n) is 7.01. The number of amides is 1. The number of hydrogen-bond acceptors (Lipinski definition) is 6. The Kier molecular flexibility index (Phi) is 8.60. The summed E-state index contributed by atoms with van der Waals surface area (Å²) in [5.74, 6) is -0.888. The molecule has 1 atom stereocenters. The van der Waals surface area contributed by atoms with Gasteiger partial charge in [0.1, 0.15) is 6.54 Å². The minimum absolute atomic E-state index is 0.0378. The number of benzene rings is 1. The van der Waals surface area contributed by atoms with Gasteiger partial charge in [-0.15, -0.1) is 0 Å². The minimum Gasteiger partial charge on any atom is -0.465 e. The molecular weight excluding hydrogens is 396 g/mol. The first kappa shape index (κ1) is 23.3. The third-order valence-electron chi connectivity index (χ3n) is 4.93. The van der Waals surface area contributed by atoms with Crippen molar-refractivity contribution >= 4 is 21.9 Å². The number of hydrogen-bond donors (Lipinski definition) is 0. The highest BCUT2D eigenvalue weighted by atomic mass is 32.2. The fourth-order valence-corrected chi connectivity index (χ4v) is 5.03. The van der Waals surface area contributed by atoms with Crippen LogP contribution >= 0.6 is 0 Å². The first-order valence-electron chi connectivity index (χ1n) is 9.87. The van der Waals surface area contributed by atoms with E-state index >= 15 is 0 Å². The molecule has 0 N–H and O–H groups in total. The van der Waals surface area contributed by atoms with Crippen LogP contribution in [0.5, 0.6) is 0 Å². The molecule has 29 heavy (non-hydrogen) atoms. The largest absolute Gasteiger partial charge is 0.465 e. The van der Waals surface area contributed by atoms with Crippen LogP contribution in [0.3, 0.4) is 0 Å². The molecular formula is C20H30N2O6S. The normalized spacial score (nSPS) is 17.7. The van der Waals surface area contributed by atoms with Crippen molar-refractivity contribution in [3.05, 3.63) is 29.8 Å². The third kappa shape index (κ3) is 6.01. The monoisotopic (exact) mass is 426 g/mol. The number of carbonyl (C=O) groups excluding carboxylic acids is 2. The fraction of sp³-hybridized carbons (Fsp3) is 0.600. The standard InChI is InChI=1S/C20H30N2O6S/c1-4-28-19(23)15-21(13-14-27-3)20(24)17-8-10-18(11-9-17)29(25,26)22-12-6-5-7-16(22)2/h8-11,16H,4-7,12-15H2,1-3H3. The number of piperidine rings is 1. The third-order valence-corrected chi connectivity index (χ3v) is 6.96. The molecule has 0 spiro atoms. The molecule has 162 valence electrons.